The third-order valence-electron chi connectivity index (χ3n) is 3.57. The van der Waals surface area contributed by atoms with Gasteiger partial charge < -0.3 is 15.0 Å². The first-order chi connectivity index (χ1) is 9.61. The lowest BCUT2D eigenvalue weighted by Gasteiger charge is -2.06. The Bertz CT molecular complexity index is 589. The zero-order valence-corrected chi connectivity index (χ0v) is 11.8. The molecule has 5 nitrogen and oxygen atoms in total. The number of hydrogen-bond acceptors (Lipinski definition) is 5. The highest BCUT2D eigenvalue weighted by Crippen LogP contribution is 2.23. The maximum Gasteiger partial charge on any atom is 0.233 e. The summed E-state index contributed by atoms with van der Waals surface area (Å²) in [5, 5.41) is 4.05. The smallest absolute Gasteiger partial charge is 0.233 e. The standard InChI is InChI=1S/C15H19N3O2/c1-9-3-10(2)5-11(4-9)6-14-17-15(20-18-14)12-7-19-8-13(12)16/h3-5,12-13H,6-8,16H2,1-2H3. The fraction of sp³-hybridized carbons (Fsp3) is 0.467. The van der Waals surface area contributed by atoms with Gasteiger partial charge in [0.25, 0.3) is 0 Å². The zero-order chi connectivity index (χ0) is 14.1. The monoisotopic (exact) mass is 273 g/mol. The minimum absolute atomic E-state index is 0.0236. The van der Waals surface area contributed by atoms with Crippen LogP contribution in [0.15, 0.2) is 22.7 Å². The fourth-order valence-electron chi connectivity index (χ4n) is 2.67. The SMILES string of the molecule is Cc1cc(C)cc(Cc2noc(C3COCC3N)n2)c1. The first-order valence-electron chi connectivity index (χ1n) is 6.85. The van der Waals surface area contributed by atoms with Crippen molar-refractivity contribution in [3.63, 3.8) is 0 Å². The molecule has 2 aromatic rings. The van der Waals surface area contributed by atoms with Crippen molar-refractivity contribution in [1.82, 2.24) is 10.1 Å². The average Bonchev–Trinajstić information content (AvgIpc) is 2.96. The van der Waals surface area contributed by atoms with Crippen LogP contribution < -0.4 is 5.73 Å². The summed E-state index contributed by atoms with van der Waals surface area (Å²) < 4.78 is 10.7. The van der Waals surface area contributed by atoms with Crippen molar-refractivity contribution >= 4 is 0 Å². The normalized spacial score (nSPS) is 22.4. The van der Waals surface area contributed by atoms with Gasteiger partial charge in [-0.25, -0.2) is 0 Å². The lowest BCUT2D eigenvalue weighted by atomic mass is 10.0. The van der Waals surface area contributed by atoms with Crippen LogP contribution in [0.1, 0.15) is 34.3 Å². The van der Waals surface area contributed by atoms with Gasteiger partial charge >= 0.3 is 0 Å². The zero-order valence-electron chi connectivity index (χ0n) is 11.8. The molecule has 0 bridgehead atoms. The van der Waals surface area contributed by atoms with Gasteiger partial charge in [-0.3, -0.25) is 0 Å². The summed E-state index contributed by atoms with van der Waals surface area (Å²) in [6.07, 6.45) is 0.675. The van der Waals surface area contributed by atoms with Crippen molar-refractivity contribution in [2.75, 3.05) is 13.2 Å². The van der Waals surface area contributed by atoms with Crippen molar-refractivity contribution < 1.29 is 9.26 Å². The van der Waals surface area contributed by atoms with E-state index in [9.17, 15) is 0 Å². The van der Waals surface area contributed by atoms with E-state index >= 15 is 0 Å². The summed E-state index contributed by atoms with van der Waals surface area (Å²) in [7, 11) is 0. The number of benzene rings is 1. The van der Waals surface area contributed by atoms with E-state index in [0.717, 1.165) is 0 Å². The van der Waals surface area contributed by atoms with Crippen molar-refractivity contribution in [3.05, 3.63) is 46.6 Å². The molecule has 1 aliphatic heterocycles. The van der Waals surface area contributed by atoms with Gasteiger partial charge in [-0.1, -0.05) is 34.5 Å². The van der Waals surface area contributed by atoms with Crippen molar-refractivity contribution in [1.29, 1.82) is 0 Å². The Morgan fingerprint density at radius 1 is 1.20 bits per heavy atom. The first-order valence-corrected chi connectivity index (χ1v) is 6.85. The van der Waals surface area contributed by atoms with E-state index in [1.807, 2.05) is 0 Å². The Morgan fingerprint density at radius 2 is 1.95 bits per heavy atom. The molecule has 2 heterocycles. The van der Waals surface area contributed by atoms with Gasteiger partial charge in [-0.2, -0.15) is 4.98 Å². The molecule has 0 saturated carbocycles. The van der Waals surface area contributed by atoms with Crippen LogP contribution in [0.2, 0.25) is 0 Å². The second kappa shape index (κ2) is 5.34. The summed E-state index contributed by atoms with van der Waals surface area (Å²) in [5.41, 5.74) is 9.65. The van der Waals surface area contributed by atoms with Crippen molar-refractivity contribution in [3.8, 4) is 0 Å². The Labute approximate surface area is 118 Å². The fourth-order valence-corrected chi connectivity index (χ4v) is 2.67. The molecule has 1 saturated heterocycles. The second-order valence-electron chi connectivity index (χ2n) is 5.53. The van der Waals surface area contributed by atoms with Crippen LogP contribution in [0, 0.1) is 13.8 Å². The topological polar surface area (TPSA) is 74.2 Å². The van der Waals surface area contributed by atoms with Gasteiger partial charge in [-0.15, -0.1) is 0 Å². The Balaban J connectivity index is 1.77. The summed E-state index contributed by atoms with van der Waals surface area (Å²) in [6.45, 7) is 5.30. The van der Waals surface area contributed by atoms with E-state index in [1.54, 1.807) is 0 Å². The minimum atomic E-state index is -0.0514. The molecule has 2 unspecified atom stereocenters. The summed E-state index contributed by atoms with van der Waals surface area (Å²) in [5.74, 6) is 1.31. The molecular formula is C15H19N3O2. The molecule has 3 rings (SSSR count). The van der Waals surface area contributed by atoms with Gasteiger partial charge in [0.05, 0.1) is 19.1 Å². The van der Waals surface area contributed by atoms with E-state index in [4.69, 9.17) is 15.0 Å². The maximum atomic E-state index is 5.96. The number of nitrogens with zero attached hydrogens (tertiary/aromatic N) is 2. The number of nitrogens with two attached hydrogens (primary N) is 1. The molecule has 0 radical (unpaired) electrons. The number of aryl methyl sites for hydroxylation is 2. The highest BCUT2D eigenvalue weighted by Gasteiger charge is 2.31. The summed E-state index contributed by atoms with van der Waals surface area (Å²) in [4.78, 5) is 4.46. The van der Waals surface area contributed by atoms with Gasteiger partial charge in [0.1, 0.15) is 0 Å². The van der Waals surface area contributed by atoms with Crippen LogP contribution in [0.3, 0.4) is 0 Å². The van der Waals surface area contributed by atoms with E-state index in [0.29, 0.717) is 31.3 Å². The van der Waals surface area contributed by atoms with Gasteiger partial charge in [0.2, 0.25) is 5.89 Å². The molecule has 1 aromatic heterocycles. The maximum absolute atomic E-state index is 5.96. The highest BCUT2D eigenvalue weighted by atomic mass is 16.5. The van der Waals surface area contributed by atoms with Crippen molar-refractivity contribution in [2.24, 2.45) is 5.73 Å². The van der Waals surface area contributed by atoms with Crippen LogP contribution in [-0.4, -0.2) is 29.4 Å². The van der Waals surface area contributed by atoms with Crippen molar-refractivity contribution in [2.45, 2.75) is 32.2 Å². The molecule has 0 amide bonds. The third kappa shape index (κ3) is 2.73. The molecule has 1 fully saturated rings. The van der Waals surface area contributed by atoms with Gasteiger partial charge in [0, 0.05) is 12.5 Å². The highest BCUT2D eigenvalue weighted by molar-refractivity contribution is 5.30. The number of rotatable bonds is 3. The summed E-state index contributed by atoms with van der Waals surface area (Å²) in [6, 6.07) is 6.39. The minimum Gasteiger partial charge on any atom is -0.379 e. The predicted octanol–water partition coefficient (Wildman–Crippen LogP) is 1.72. The molecule has 106 valence electrons. The average molecular weight is 273 g/mol. The van der Waals surface area contributed by atoms with Crippen LogP contribution in [0.4, 0.5) is 0 Å². The van der Waals surface area contributed by atoms with E-state index in [1.165, 1.54) is 16.7 Å². The quantitative estimate of drug-likeness (QED) is 0.921. The van der Waals surface area contributed by atoms with Crippen LogP contribution >= 0.6 is 0 Å². The third-order valence-corrected chi connectivity index (χ3v) is 3.57. The van der Waals surface area contributed by atoms with Gasteiger partial charge in [0.15, 0.2) is 5.82 Å². The largest absolute Gasteiger partial charge is 0.379 e. The molecule has 20 heavy (non-hydrogen) atoms. The van der Waals surface area contributed by atoms with E-state index in [2.05, 4.69) is 42.2 Å². The molecule has 2 atom stereocenters. The lowest BCUT2D eigenvalue weighted by molar-refractivity contribution is 0.187. The molecule has 5 heteroatoms. The molecule has 1 aromatic carbocycles. The van der Waals surface area contributed by atoms with Crippen LogP contribution in [-0.2, 0) is 11.2 Å². The first kappa shape index (κ1) is 13.3. The predicted molar refractivity (Wildman–Crippen MR) is 74.6 cm³/mol. The number of hydrogen-bond donors (Lipinski definition) is 1. The molecule has 1 aliphatic rings. The molecule has 2 N–H and O–H groups in total. The Kier molecular flexibility index (Phi) is 3.54. The van der Waals surface area contributed by atoms with Crippen LogP contribution in [0.25, 0.3) is 0 Å². The molecular weight excluding hydrogens is 254 g/mol. The summed E-state index contributed by atoms with van der Waals surface area (Å²) >= 11 is 0. The van der Waals surface area contributed by atoms with E-state index in [-0.39, 0.29) is 12.0 Å². The van der Waals surface area contributed by atoms with Gasteiger partial charge in [-0.05, 0) is 19.4 Å². The number of ether oxygens (including phenoxy) is 1. The van der Waals surface area contributed by atoms with Crippen LogP contribution in [0.5, 0.6) is 0 Å². The second-order valence-corrected chi connectivity index (χ2v) is 5.53. The Hall–Kier alpha value is -1.72. The lowest BCUT2D eigenvalue weighted by Crippen LogP contribution is -2.27. The molecule has 0 spiro atoms. The number of aromatic nitrogens is 2. The molecule has 0 aliphatic carbocycles. The Morgan fingerprint density at radius 3 is 2.60 bits per heavy atom. The van der Waals surface area contributed by atoms with E-state index < -0.39 is 0 Å².